The molecule has 0 amide bonds. The molecule has 1 atom stereocenters. The Hall–Kier alpha value is -1.26. The molecule has 0 radical (unpaired) electrons. The molecule has 1 aromatic rings. The van der Waals surface area contributed by atoms with Crippen molar-refractivity contribution in [2.24, 2.45) is 5.73 Å². The Bertz CT molecular complexity index is 416. The Labute approximate surface area is 122 Å². The highest BCUT2D eigenvalue weighted by atomic mass is 16.5. The summed E-state index contributed by atoms with van der Waals surface area (Å²) in [5.41, 5.74) is 6.78. The number of hydrogen-bond acceptors (Lipinski definition) is 4. The average Bonchev–Trinajstić information content (AvgIpc) is 2.39. The molecular weight excluding hydrogens is 254 g/mol. The monoisotopic (exact) mass is 281 g/mol. The number of ether oxygens (including phenoxy) is 3. The minimum Gasteiger partial charge on any atom is -0.493 e. The van der Waals surface area contributed by atoms with Crippen molar-refractivity contribution in [2.75, 3.05) is 20.8 Å². The first-order valence-electron chi connectivity index (χ1n) is 6.99. The minimum atomic E-state index is -0.191. The highest BCUT2D eigenvalue weighted by Gasteiger charge is 2.18. The normalized spacial score (nSPS) is 13.1. The molecule has 0 spiro atoms. The van der Waals surface area contributed by atoms with E-state index >= 15 is 0 Å². The second-order valence-corrected chi connectivity index (χ2v) is 5.69. The molecule has 0 aliphatic carbocycles. The molecule has 4 heteroatoms. The van der Waals surface area contributed by atoms with Crippen LogP contribution in [0.1, 0.15) is 32.8 Å². The van der Waals surface area contributed by atoms with Crippen LogP contribution in [0.2, 0.25) is 0 Å². The molecule has 0 saturated heterocycles. The van der Waals surface area contributed by atoms with Crippen LogP contribution in [-0.2, 0) is 11.2 Å². The number of nitrogens with two attached hydrogens (primary N) is 1. The summed E-state index contributed by atoms with van der Waals surface area (Å²) in [5, 5.41) is 0. The van der Waals surface area contributed by atoms with E-state index in [1.165, 1.54) is 0 Å². The van der Waals surface area contributed by atoms with Gasteiger partial charge in [-0.25, -0.2) is 0 Å². The van der Waals surface area contributed by atoms with Crippen molar-refractivity contribution >= 4 is 0 Å². The molecule has 0 fully saturated rings. The van der Waals surface area contributed by atoms with Crippen molar-refractivity contribution in [3.8, 4) is 11.5 Å². The van der Waals surface area contributed by atoms with Gasteiger partial charge in [0.1, 0.15) is 0 Å². The molecule has 0 aliphatic rings. The summed E-state index contributed by atoms with van der Waals surface area (Å²) in [6.45, 7) is 6.65. The van der Waals surface area contributed by atoms with Crippen molar-refractivity contribution in [3.63, 3.8) is 0 Å². The largest absolute Gasteiger partial charge is 0.493 e. The molecule has 114 valence electrons. The van der Waals surface area contributed by atoms with Gasteiger partial charge >= 0.3 is 0 Å². The van der Waals surface area contributed by atoms with E-state index in [-0.39, 0.29) is 11.6 Å². The Kier molecular flexibility index (Phi) is 6.30. The maximum absolute atomic E-state index is 5.94. The summed E-state index contributed by atoms with van der Waals surface area (Å²) in [6.07, 6.45) is 1.57. The van der Waals surface area contributed by atoms with Crippen molar-refractivity contribution in [3.05, 3.63) is 23.8 Å². The molecule has 2 N–H and O–H groups in total. The Morgan fingerprint density at radius 3 is 2.50 bits per heavy atom. The number of para-hydroxylation sites is 1. The van der Waals surface area contributed by atoms with E-state index in [9.17, 15) is 0 Å². The fourth-order valence-corrected chi connectivity index (χ4v) is 1.89. The summed E-state index contributed by atoms with van der Waals surface area (Å²) in [6, 6.07) is 5.98. The zero-order chi connectivity index (χ0) is 15.2. The van der Waals surface area contributed by atoms with Gasteiger partial charge in [-0.05, 0) is 38.8 Å². The molecule has 0 aliphatic heterocycles. The lowest BCUT2D eigenvalue weighted by Gasteiger charge is -2.23. The van der Waals surface area contributed by atoms with Crippen LogP contribution in [0, 0.1) is 0 Å². The van der Waals surface area contributed by atoms with Crippen molar-refractivity contribution in [1.29, 1.82) is 0 Å². The highest BCUT2D eigenvalue weighted by molar-refractivity contribution is 5.47. The van der Waals surface area contributed by atoms with Gasteiger partial charge in [-0.1, -0.05) is 12.1 Å². The third kappa shape index (κ3) is 5.02. The van der Waals surface area contributed by atoms with Gasteiger partial charge in [0.25, 0.3) is 0 Å². The van der Waals surface area contributed by atoms with Gasteiger partial charge in [0.05, 0.1) is 19.3 Å². The maximum atomic E-state index is 5.94. The molecule has 1 unspecified atom stereocenters. The zero-order valence-electron chi connectivity index (χ0n) is 13.2. The van der Waals surface area contributed by atoms with Gasteiger partial charge in [-0.3, -0.25) is 0 Å². The predicted molar refractivity (Wildman–Crippen MR) is 81.5 cm³/mol. The first kappa shape index (κ1) is 16.8. The van der Waals surface area contributed by atoms with Crippen molar-refractivity contribution in [2.45, 2.75) is 45.3 Å². The second-order valence-electron chi connectivity index (χ2n) is 5.69. The number of methoxy groups -OCH3 is 2. The molecule has 0 saturated carbocycles. The number of hydrogen-bond donors (Lipinski definition) is 1. The first-order valence-corrected chi connectivity index (χ1v) is 6.99. The van der Waals surface area contributed by atoms with Gasteiger partial charge in [0.15, 0.2) is 11.5 Å². The molecule has 0 bridgehead atoms. The van der Waals surface area contributed by atoms with Crippen LogP contribution in [-0.4, -0.2) is 32.5 Å². The fraction of sp³-hybridized carbons (Fsp3) is 0.625. The smallest absolute Gasteiger partial charge is 0.164 e. The van der Waals surface area contributed by atoms with Gasteiger partial charge in [0, 0.05) is 19.6 Å². The minimum absolute atomic E-state index is 0.0832. The molecule has 0 aromatic heterocycles. The Morgan fingerprint density at radius 2 is 1.95 bits per heavy atom. The van der Waals surface area contributed by atoms with Crippen LogP contribution in [0.15, 0.2) is 18.2 Å². The average molecular weight is 281 g/mol. The SMILES string of the molecule is COc1cccc(CC(C)N)c1OCCC(C)(C)OC. The van der Waals surface area contributed by atoms with E-state index in [1.54, 1.807) is 14.2 Å². The molecule has 1 aromatic carbocycles. The summed E-state index contributed by atoms with van der Waals surface area (Å²) in [5.74, 6) is 1.54. The standard InChI is InChI=1S/C16H27NO3/c1-12(17)11-13-7-6-8-14(18-4)15(13)20-10-9-16(2,3)19-5/h6-8,12H,9-11,17H2,1-5H3. The number of benzene rings is 1. The summed E-state index contributed by atoms with van der Waals surface area (Å²) < 4.78 is 16.7. The van der Waals surface area contributed by atoms with E-state index in [1.807, 2.05) is 39.0 Å². The molecule has 0 heterocycles. The van der Waals surface area contributed by atoms with E-state index in [0.29, 0.717) is 6.61 Å². The zero-order valence-corrected chi connectivity index (χ0v) is 13.2. The summed E-state index contributed by atoms with van der Waals surface area (Å²) in [7, 11) is 3.36. The first-order chi connectivity index (χ1) is 9.39. The highest BCUT2D eigenvalue weighted by Crippen LogP contribution is 2.32. The lowest BCUT2D eigenvalue weighted by atomic mass is 10.0. The van der Waals surface area contributed by atoms with Gasteiger partial charge < -0.3 is 19.9 Å². The summed E-state index contributed by atoms with van der Waals surface area (Å²) in [4.78, 5) is 0. The van der Waals surface area contributed by atoms with E-state index in [4.69, 9.17) is 19.9 Å². The lowest BCUT2D eigenvalue weighted by Crippen LogP contribution is -2.25. The van der Waals surface area contributed by atoms with Gasteiger partial charge in [0.2, 0.25) is 0 Å². The maximum Gasteiger partial charge on any atom is 0.164 e. The van der Waals surface area contributed by atoms with Gasteiger partial charge in [-0.2, -0.15) is 0 Å². The molecule has 20 heavy (non-hydrogen) atoms. The molecule has 4 nitrogen and oxygen atoms in total. The Balaban J connectivity index is 2.80. The second kappa shape index (κ2) is 7.50. The number of rotatable bonds is 8. The van der Waals surface area contributed by atoms with E-state index in [2.05, 4.69) is 0 Å². The van der Waals surface area contributed by atoms with Crippen LogP contribution in [0.5, 0.6) is 11.5 Å². The summed E-state index contributed by atoms with van der Waals surface area (Å²) >= 11 is 0. The van der Waals surface area contributed by atoms with Crippen LogP contribution < -0.4 is 15.2 Å². The topological polar surface area (TPSA) is 53.7 Å². The van der Waals surface area contributed by atoms with Crippen LogP contribution in [0.4, 0.5) is 0 Å². The van der Waals surface area contributed by atoms with Crippen molar-refractivity contribution < 1.29 is 14.2 Å². The van der Waals surface area contributed by atoms with Crippen LogP contribution >= 0.6 is 0 Å². The third-order valence-electron chi connectivity index (χ3n) is 3.33. The quantitative estimate of drug-likeness (QED) is 0.796. The predicted octanol–water partition coefficient (Wildman–Crippen LogP) is 2.78. The lowest BCUT2D eigenvalue weighted by molar-refractivity contribution is 0.00516. The van der Waals surface area contributed by atoms with Crippen molar-refractivity contribution in [1.82, 2.24) is 0 Å². The fourth-order valence-electron chi connectivity index (χ4n) is 1.89. The van der Waals surface area contributed by atoms with Gasteiger partial charge in [-0.15, -0.1) is 0 Å². The Morgan fingerprint density at radius 1 is 1.25 bits per heavy atom. The molecule has 1 rings (SSSR count). The molecular formula is C16H27NO3. The van der Waals surface area contributed by atoms with Crippen LogP contribution in [0.3, 0.4) is 0 Å². The third-order valence-corrected chi connectivity index (χ3v) is 3.33. The van der Waals surface area contributed by atoms with Crippen LogP contribution in [0.25, 0.3) is 0 Å². The van der Waals surface area contributed by atoms with E-state index in [0.717, 1.165) is 29.9 Å². The van der Waals surface area contributed by atoms with E-state index < -0.39 is 0 Å².